The van der Waals surface area contributed by atoms with Gasteiger partial charge in [-0.3, -0.25) is 0 Å². The Morgan fingerprint density at radius 3 is 2.77 bits per heavy atom. The maximum Gasteiger partial charge on any atom is 0.409 e. The van der Waals surface area contributed by atoms with Crippen molar-refractivity contribution < 1.29 is 15.0 Å². The molecule has 0 radical (unpaired) electrons. The molecule has 1 aromatic rings. The summed E-state index contributed by atoms with van der Waals surface area (Å²) >= 11 is 0. The van der Waals surface area contributed by atoms with Gasteiger partial charge in [0.25, 0.3) is 0 Å². The number of rotatable bonds is 0. The van der Waals surface area contributed by atoms with Crippen LogP contribution in [0.2, 0.25) is 0 Å². The van der Waals surface area contributed by atoms with Crippen molar-refractivity contribution in [2.75, 3.05) is 13.7 Å². The molecule has 1 unspecified atom stereocenters. The van der Waals surface area contributed by atoms with Crippen molar-refractivity contribution in [2.45, 2.75) is 59.4 Å². The lowest BCUT2D eigenvalue weighted by Gasteiger charge is -2.42. The van der Waals surface area contributed by atoms with Gasteiger partial charge in [-0.25, -0.2) is 9.78 Å². The van der Waals surface area contributed by atoms with Gasteiger partial charge in [0.05, 0.1) is 7.11 Å². The Bertz CT molecular complexity index is 665. The van der Waals surface area contributed by atoms with Crippen molar-refractivity contribution in [3.8, 4) is 11.8 Å². The van der Waals surface area contributed by atoms with Crippen LogP contribution in [0.3, 0.4) is 0 Å². The van der Waals surface area contributed by atoms with Crippen LogP contribution in [0.15, 0.2) is 18.3 Å². The van der Waals surface area contributed by atoms with E-state index in [1.54, 1.807) is 6.20 Å². The van der Waals surface area contributed by atoms with Crippen molar-refractivity contribution in [3.63, 3.8) is 0 Å². The van der Waals surface area contributed by atoms with Crippen LogP contribution in [0.25, 0.3) is 0 Å². The van der Waals surface area contributed by atoms with E-state index in [0.717, 1.165) is 37.9 Å². The van der Waals surface area contributed by atoms with E-state index in [-0.39, 0.29) is 23.0 Å². The van der Waals surface area contributed by atoms with Crippen LogP contribution in [-0.2, 0) is 4.74 Å². The van der Waals surface area contributed by atoms with E-state index in [9.17, 15) is 4.79 Å². The van der Waals surface area contributed by atoms with Crippen LogP contribution in [0.5, 0.6) is 0 Å². The van der Waals surface area contributed by atoms with Crippen LogP contribution in [0, 0.1) is 30.1 Å². The lowest BCUT2D eigenvalue weighted by atomic mass is 9.65. The number of methoxy groups -OCH3 is 1. The molecule has 0 bridgehead atoms. The zero-order valence-corrected chi connectivity index (χ0v) is 16.6. The molecule has 1 amide bonds. The van der Waals surface area contributed by atoms with Gasteiger partial charge in [-0.2, -0.15) is 0 Å². The second-order valence-electron chi connectivity index (χ2n) is 6.91. The number of hydrogen-bond acceptors (Lipinski definition) is 3. The Balaban J connectivity index is 0.00000109. The second kappa shape index (κ2) is 9.59. The summed E-state index contributed by atoms with van der Waals surface area (Å²) in [6.07, 6.45) is 5.85. The number of amides is 1. The highest BCUT2D eigenvalue weighted by atomic mass is 16.5. The SMILES string of the molecule is CC.COC(=O)N1CC[C@@]2(C)C(C#Cc3cc(C)ccn3)CCC[C@@H]12.O. The molecule has 1 aromatic heterocycles. The Morgan fingerprint density at radius 1 is 1.38 bits per heavy atom. The minimum atomic E-state index is -0.201. The number of carbonyl (C=O) groups excluding carboxylic acids is 1. The molecule has 144 valence electrons. The molecule has 1 saturated heterocycles. The predicted octanol–water partition coefficient (Wildman–Crippen LogP) is 3.59. The third kappa shape index (κ3) is 4.37. The fourth-order valence-electron chi connectivity index (χ4n) is 4.12. The topological polar surface area (TPSA) is 73.9 Å². The van der Waals surface area contributed by atoms with E-state index < -0.39 is 0 Å². The molecule has 3 rings (SSSR count). The minimum absolute atomic E-state index is 0. The van der Waals surface area contributed by atoms with Crippen LogP contribution in [-0.4, -0.2) is 41.1 Å². The highest BCUT2D eigenvalue weighted by Crippen LogP contribution is 2.50. The highest BCUT2D eigenvalue weighted by Gasteiger charge is 2.51. The maximum atomic E-state index is 12.0. The van der Waals surface area contributed by atoms with Crippen molar-refractivity contribution in [1.82, 2.24) is 9.88 Å². The summed E-state index contributed by atoms with van der Waals surface area (Å²) in [6, 6.07) is 4.24. The molecule has 26 heavy (non-hydrogen) atoms. The van der Waals surface area contributed by atoms with Crippen molar-refractivity contribution in [2.24, 2.45) is 11.3 Å². The third-order valence-electron chi connectivity index (χ3n) is 5.49. The molecule has 5 nitrogen and oxygen atoms in total. The molecule has 1 aliphatic carbocycles. The number of pyridine rings is 1. The standard InChI is InChI=1S/C19H24N2O2.C2H6.H2O/c1-14-9-11-20-16(13-14)8-7-15-5-4-6-17-19(15,2)10-12-21(17)18(22)23-3;1-2;/h9,11,13,15,17H,4-6,10,12H2,1-3H3;1-2H3;1H2/t15?,17-,19+;;/m1../s1. The smallest absolute Gasteiger partial charge is 0.409 e. The summed E-state index contributed by atoms with van der Waals surface area (Å²) in [5.74, 6) is 7.02. The lowest BCUT2D eigenvalue weighted by molar-refractivity contribution is 0.0676. The first kappa shape index (κ1) is 22.0. The highest BCUT2D eigenvalue weighted by molar-refractivity contribution is 5.68. The van der Waals surface area contributed by atoms with E-state index >= 15 is 0 Å². The van der Waals surface area contributed by atoms with Gasteiger partial charge in [-0.1, -0.05) is 33.1 Å². The van der Waals surface area contributed by atoms with Gasteiger partial charge < -0.3 is 15.1 Å². The molecule has 0 spiro atoms. The fourth-order valence-corrected chi connectivity index (χ4v) is 4.12. The number of fused-ring (bicyclic) bond motifs is 1. The van der Waals surface area contributed by atoms with E-state index in [2.05, 4.69) is 30.7 Å². The Kier molecular flexibility index (Phi) is 8.10. The van der Waals surface area contributed by atoms with Crippen LogP contribution >= 0.6 is 0 Å². The van der Waals surface area contributed by atoms with Crippen LogP contribution < -0.4 is 0 Å². The number of carbonyl (C=O) groups is 1. The van der Waals surface area contributed by atoms with E-state index in [1.165, 1.54) is 12.7 Å². The van der Waals surface area contributed by atoms with Gasteiger partial charge >= 0.3 is 6.09 Å². The number of likely N-dealkylation sites (tertiary alicyclic amines) is 1. The van der Waals surface area contributed by atoms with Crippen molar-refractivity contribution in [3.05, 3.63) is 29.6 Å². The number of aryl methyl sites for hydroxylation is 1. The first-order valence-electron chi connectivity index (χ1n) is 9.33. The first-order valence-corrected chi connectivity index (χ1v) is 9.33. The molecule has 0 aromatic carbocycles. The summed E-state index contributed by atoms with van der Waals surface area (Å²) in [5, 5.41) is 0. The van der Waals surface area contributed by atoms with E-state index in [0.29, 0.717) is 5.92 Å². The summed E-state index contributed by atoms with van der Waals surface area (Å²) in [7, 11) is 1.46. The lowest BCUT2D eigenvalue weighted by Crippen LogP contribution is -2.46. The minimum Gasteiger partial charge on any atom is -0.453 e. The monoisotopic (exact) mass is 360 g/mol. The second-order valence-corrected chi connectivity index (χ2v) is 6.91. The van der Waals surface area contributed by atoms with Crippen LogP contribution in [0.1, 0.15) is 57.7 Å². The summed E-state index contributed by atoms with van der Waals surface area (Å²) in [6.45, 7) is 9.10. The molecular weight excluding hydrogens is 328 g/mol. The predicted molar refractivity (Wildman–Crippen MR) is 104 cm³/mol. The zero-order chi connectivity index (χ0) is 18.4. The van der Waals surface area contributed by atoms with Gasteiger partial charge in [-0.15, -0.1) is 0 Å². The van der Waals surface area contributed by atoms with Crippen molar-refractivity contribution in [1.29, 1.82) is 0 Å². The largest absolute Gasteiger partial charge is 0.453 e. The molecule has 2 fully saturated rings. The molecule has 2 heterocycles. The average molecular weight is 360 g/mol. The van der Waals surface area contributed by atoms with Gasteiger partial charge in [0.15, 0.2) is 0 Å². The summed E-state index contributed by atoms with van der Waals surface area (Å²) in [5.41, 5.74) is 2.07. The molecule has 2 N–H and O–H groups in total. The molecule has 3 atom stereocenters. The number of hydrogen-bond donors (Lipinski definition) is 0. The Hall–Kier alpha value is -2.06. The normalized spacial score (nSPS) is 26.3. The molecular formula is C21H32N2O3. The Labute approximate surface area is 157 Å². The fraction of sp³-hybridized carbons (Fsp3) is 0.619. The average Bonchev–Trinajstić information content (AvgIpc) is 2.99. The number of nitrogens with zero attached hydrogens (tertiary/aromatic N) is 2. The third-order valence-corrected chi connectivity index (χ3v) is 5.49. The molecule has 5 heteroatoms. The molecule has 2 aliphatic rings. The summed E-state index contributed by atoms with van der Waals surface area (Å²) in [4.78, 5) is 18.2. The van der Waals surface area contributed by atoms with Crippen LogP contribution in [0.4, 0.5) is 4.79 Å². The number of aromatic nitrogens is 1. The van der Waals surface area contributed by atoms with Gasteiger partial charge in [-0.05, 0) is 49.8 Å². The van der Waals surface area contributed by atoms with Gasteiger partial charge in [0.1, 0.15) is 5.69 Å². The quantitative estimate of drug-likeness (QED) is 0.664. The molecule has 1 aliphatic heterocycles. The van der Waals surface area contributed by atoms with Gasteiger partial charge in [0.2, 0.25) is 0 Å². The zero-order valence-electron chi connectivity index (χ0n) is 16.6. The maximum absolute atomic E-state index is 12.0. The van der Waals surface area contributed by atoms with Gasteiger partial charge in [0, 0.05) is 30.1 Å². The number of ether oxygens (including phenoxy) is 1. The van der Waals surface area contributed by atoms with E-state index in [1.807, 2.05) is 30.9 Å². The Morgan fingerprint density at radius 2 is 2.12 bits per heavy atom. The first-order chi connectivity index (χ1) is 12.0. The summed E-state index contributed by atoms with van der Waals surface area (Å²) < 4.78 is 4.95. The van der Waals surface area contributed by atoms with Crippen molar-refractivity contribution >= 4 is 6.09 Å². The molecule has 1 saturated carbocycles. The van der Waals surface area contributed by atoms with E-state index in [4.69, 9.17) is 4.74 Å².